The van der Waals surface area contributed by atoms with Crippen LogP contribution in [0.1, 0.15) is 32.3 Å². The van der Waals surface area contributed by atoms with Crippen molar-refractivity contribution in [3.8, 4) is 0 Å². The topological polar surface area (TPSA) is 51.8 Å². The molecule has 0 amide bonds. The first-order chi connectivity index (χ1) is 9.79. The molecule has 0 unspecified atom stereocenters. The van der Waals surface area contributed by atoms with Gasteiger partial charge in [0.05, 0.1) is 15.0 Å². The molecular weight excluding hydrogens is 461 g/mol. The lowest BCUT2D eigenvalue weighted by Gasteiger charge is -2.20. The summed E-state index contributed by atoms with van der Waals surface area (Å²) in [4.78, 5) is 10.3. The van der Waals surface area contributed by atoms with Crippen LogP contribution in [0.4, 0.5) is 5.82 Å². The van der Waals surface area contributed by atoms with Gasteiger partial charge in [-0.1, -0.05) is 32.9 Å². The molecule has 1 aromatic carbocycles. The molecule has 0 atom stereocenters. The Morgan fingerprint density at radius 1 is 1.24 bits per heavy atom. The molecule has 1 heterocycles. The number of nitrogens with zero attached hydrogens (tertiary/aromatic N) is 2. The molecular formula is C15H17BrIN3S. The van der Waals surface area contributed by atoms with Crippen molar-refractivity contribution in [1.29, 1.82) is 0 Å². The first-order valence-corrected chi connectivity index (χ1v) is 9.34. The summed E-state index contributed by atoms with van der Waals surface area (Å²) in [6.45, 7) is 6.42. The number of nitrogen functional groups attached to an aromatic ring is 1. The smallest absolute Gasteiger partial charge is 0.141 e. The van der Waals surface area contributed by atoms with Crippen LogP contribution in [-0.4, -0.2) is 9.97 Å². The van der Waals surface area contributed by atoms with Crippen molar-refractivity contribution in [1.82, 2.24) is 9.97 Å². The van der Waals surface area contributed by atoms with E-state index in [9.17, 15) is 0 Å². The quantitative estimate of drug-likeness (QED) is 0.498. The summed E-state index contributed by atoms with van der Waals surface area (Å²) in [5.74, 6) is 2.05. The Labute approximate surface area is 151 Å². The number of nitrogens with two attached hydrogens (primary N) is 1. The zero-order valence-electron chi connectivity index (χ0n) is 12.2. The third-order valence-corrected chi connectivity index (χ3v) is 5.91. The predicted octanol–water partition coefficient (Wildman–Crippen LogP) is 5.02. The van der Waals surface area contributed by atoms with E-state index in [1.807, 2.05) is 18.2 Å². The van der Waals surface area contributed by atoms with Crippen LogP contribution < -0.4 is 5.73 Å². The van der Waals surface area contributed by atoms with Crippen LogP contribution in [0.2, 0.25) is 0 Å². The summed E-state index contributed by atoms with van der Waals surface area (Å²) in [5.41, 5.74) is 7.01. The van der Waals surface area contributed by atoms with E-state index in [4.69, 9.17) is 10.7 Å². The summed E-state index contributed by atoms with van der Waals surface area (Å²) in [6.07, 6.45) is 0. The highest BCUT2D eigenvalue weighted by Crippen LogP contribution is 2.31. The van der Waals surface area contributed by atoms with Gasteiger partial charge in [0, 0.05) is 14.8 Å². The first kappa shape index (κ1) is 17.0. The Kier molecular flexibility index (Phi) is 5.54. The molecule has 0 fully saturated rings. The van der Waals surface area contributed by atoms with Gasteiger partial charge in [-0.05, 0) is 50.7 Å². The molecule has 3 nitrogen and oxygen atoms in total. The van der Waals surface area contributed by atoms with Crippen molar-refractivity contribution >= 4 is 56.1 Å². The molecule has 0 radical (unpaired) electrons. The standard InChI is InChI=1S/C15H17BrIN3S/c1-15(2,3)13-12(17)14(18)20-11(19-13)8-21-10-7-5-4-6-9(10)16/h4-7H,8H2,1-3H3,(H2,18,19,20). The van der Waals surface area contributed by atoms with Crippen LogP contribution >= 0.6 is 50.3 Å². The largest absolute Gasteiger partial charge is 0.383 e. The lowest BCUT2D eigenvalue weighted by Crippen LogP contribution is -2.19. The van der Waals surface area contributed by atoms with Gasteiger partial charge in [0.2, 0.25) is 0 Å². The van der Waals surface area contributed by atoms with Crippen molar-refractivity contribution in [3.05, 3.63) is 43.8 Å². The average molecular weight is 478 g/mol. The van der Waals surface area contributed by atoms with E-state index < -0.39 is 0 Å². The highest BCUT2D eigenvalue weighted by atomic mass is 127. The number of hydrogen-bond acceptors (Lipinski definition) is 4. The molecule has 0 bridgehead atoms. The van der Waals surface area contributed by atoms with Crippen molar-refractivity contribution in [2.45, 2.75) is 36.8 Å². The van der Waals surface area contributed by atoms with Crippen LogP contribution in [0, 0.1) is 3.57 Å². The number of anilines is 1. The zero-order chi connectivity index (χ0) is 15.6. The van der Waals surface area contributed by atoms with Crippen LogP contribution in [-0.2, 0) is 11.2 Å². The molecule has 21 heavy (non-hydrogen) atoms. The average Bonchev–Trinajstić information content (AvgIpc) is 2.40. The molecule has 0 saturated heterocycles. The van der Waals surface area contributed by atoms with Gasteiger partial charge in [-0.3, -0.25) is 0 Å². The molecule has 0 aliphatic heterocycles. The van der Waals surface area contributed by atoms with Crippen LogP contribution in [0.3, 0.4) is 0 Å². The van der Waals surface area contributed by atoms with Gasteiger partial charge in [0.25, 0.3) is 0 Å². The van der Waals surface area contributed by atoms with Crippen LogP contribution in [0.25, 0.3) is 0 Å². The third-order valence-electron chi connectivity index (χ3n) is 2.83. The minimum absolute atomic E-state index is 0.0413. The van der Waals surface area contributed by atoms with E-state index in [0.29, 0.717) is 11.6 Å². The number of hydrogen-bond donors (Lipinski definition) is 1. The van der Waals surface area contributed by atoms with E-state index in [1.165, 1.54) is 4.90 Å². The molecule has 112 valence electrons. The highest BCUT2D eigenvalue weighted by Gasteiger charge is 2.22. The molecule has 0 spiro atoms. The van der Waals surface area contributed by atoms with E-state index in [-0.39, 0.29) is 5.41 Å². The number of benzene rings is 1. The molecule has 0 aliphatic carbocycles. The maximum absolute atomic E-state index is 6.04. The Hall–Kier alpha value is -0.340. The van der Waals surface area contributed by atoms with Crippen molar-refractivity contribution in [2.24, 2.45) is 0 Å². The zero-order valence-corrected chi connectivity index (χ0v) is 16.7. The second-order valence-corrected chi connectivity index (χ2v) is 8.61. The molecule has 2 aromatic rings. The molecule has 0 aliphatic rings. The van der Waals surface area contributed by atoms with Gasteiger partial charge in [0.15, 0.2) is 0 Å². The van der Waals surface area contributed by atoms with Gasteiger partial charge < -0.3 is 5.73 Å². The summed E-state index contributed by atoms with van der Waals surface area (Å²) < 4.78 is 2.04. The summed E-state index contributed by atoms with van der Waals surface area (Å²) in [5, 5.41) is 0. The minimum atomic E-state index is -0.0413. The van der Waals surface area contributed by atoms with Gasteiger partial charge in [-0.25, -0.2) is 9.97 Å². The van der Waals surface area contributed by atoms with Gasteiger partial charge in [0.1, 0.15) is 11.6 Å². The fraction of sp³-hybridized carbons (Fsp3) is 0.333. The normalized spacial score (nSPS) is 11.7. The number of aromatic nitrogens is 2. The Bertz CT molecular complexity index is 656. The molecule has 6 heteroatoms. The van der Waals surface area contributed by atoms with Gasteiger partial charge >= 0.3 is 0 Å². The monoisotopic (exact) mass is 477 g/mol. The lowest BCUT2D eigenvalue weighted by molar-refractivity contribution is 0.560. The number of rotatable bonds is 3. The van der Waals surface area contributed by atoms with E-state index in [1.54, 1.807) is 11.8 Å². The predicted molar refractivity (Wildman–Crippen MR) is 102 cm³/mol. The fourth-order valence-electron chi connectivity index (χ4n) is 1.78. The van der Waals surface area contributed by atoms with E-state index >= 15 is 0 Å². The summed E-state index contributed by atoms with van der Waals surface area (Å²) in [6, 6.07) is 8.14. The second-order valence-electron chi connectivity index (χ2n) is 5.66. The second kappa shape index (κ2) is 6.83. The van der Waals surface area contributed by atoms with Gasteiger partial charge in [-0.2, -0.15) is 0 Å². The Morgan fingerprint density at radius 2 is 1.90 bits per heavy atom. The SMILES string of the molecule is CC(C)(C)c1nc(CSc2ccccc2Br)nc(N)c1I. The molecule has 2 rings (SSSR count). The lowest BCUT2D eigenvalue weighted by atomic mass is 9.92. The maximum Gasteiger partial charge on any atom is 0.141 e. The van der Waals surface area contributed by atoms with Gasteiger partial charge in [-0.15, -0.1) is 11.8 Å². The summed E-state index contributed by atoms with van der Waals surface area (Å²) in [7, 11) is 0. The van der Waals surface area contributed by atoms with E-state index in [2.05, 4.69) is 70.3 Å². The first-order valence-electron chi connectivity index (χ1n) is 6.48. The maximum atomic E-state index is 6.04. The highest BCUT2D eigenvalue weighted by molar-refractivity contribution is 14.1. The Balaban J connectivity index is 2.26. The molecule has 0 saturated carbocycles. The number of halogens is 2. The molecule has 2 N–H and O–H groups in total. The fourth-order valence-corrected chi connectivity index (χ4v) is 4.25. The molecule has 1 aromatic heterocycles. The van der Waals surface area contributed by atoms with Crippen LogP contribution in [0.15, 0.2) is 33.6 Å². The van der Waals surface area contributed by atoms with Crippen molar-refractivity contribution < 1.29 is 0 Å². The van der Waals surface area contributed by atoms with Crippen molar-refractivity contribution in [3.63, 3.8) is 0 Å². The summed E-state index contributed by atoms with van der Waals surface area (Å²) >= 11 is 7.49. The van der Waals surface area contributed by atoms with Crippen molar-refractivity contribution in [2.75, 3.05) is 5.73 Å². The third kappa shape index (κ3) is 4.32. The minimum Gasteiger partial charge on any atom is -0.383 e. The van der Waals surface area contributed by atoms with E-state index in [0.717, 1.165) is 19.6 Å². The Morgan fingerprint density at radius 3 is 2.52 bits per heavy atom. The number of thioether (sulfide) groups is 1. The van der Waals surface area contributed by atoms with Crippen LogP contribution in [0.5, 0.6) is 0 Å².